The number of piperidine rings is 1. The molecule has 0 radical (unpaired) electrons. The van der Waals surface area contributed by atoms with Crippen molar-refractivity contribution in [2.45, 2.75) is 30.8 Å². The summed E-state index contributed by atoms with van der Waals surface area (Å²) in [6.45, 7) is 0.792. The molecule has 2 aromatic rings. The van der Waals surface area contributed by atoms with E-state index in [1.165, 1.54) is 22.0 Å². The van der Waals surface area contributed by atoms with E-state index in [1.807, 2.05) is 0 Å². The van der Waals surface area contributed by atoms with E-state index in [1.54, 1.807) is 0 Å². The van der Waals surface area contributed by atoms with Crippen LogP contribution in [0.15, 0.2) is 24.4 Å². The Bertz CT molecular complexity index is 678. The summed E-state index contributed by atoms with van der Waals surface area (Å²) in [7, 11) is 0. The summed E-state index contributed by atoms with van der Waals surface area (Å²) in [5, 5.41) is 7.77. The predicted octanol–water partition coefficient (Wildman–Crippen LogP) is 1.21. The smallest absolute Gasteiger partial charge is 0.312 e. The van der Waals surface area contributed by atoms with Crippen LogP contribution in [0.5, 0.6) is 0 Å². The number of primary amides is 1. The number of urea groups is 1. The Morgan fingerprint density at radius 2 is 2.30 bits per heavy atom. The number of hydrogen-bond acceptors (Lipinski definition) is 2. The number of benzene rings is 1. The van der Waals surface area contributed by atoms with E-state index >= 15 is 0 Å². The Morgan fingerprint density at radius 3 is 3.15 bits per heavy atom. The molecule has 2 heterocycles. The van der Waals surface area contributed by atoms with Crippen molar-refractivity contribution in [3.05, 3.63) is 35.5 Å². The molecular formula is C15H18N4O. The minimum absolute atomic E-state index is 0.115. The number of carbonyl (C=O) groups excluding carboxylic acids is 1. The van der Waals surface area contributed by atoms with Crippen LogP contribution in [0.3, 0.4) is 0 Å². The highest BCUT2D eigenvalue weighted by Crippen LogP contribution is 2.40. The van der Waals surface area contributed by atoms with Gasteiger partial charge in [0.25, 0.3) is 0 Å². The van der Waals surface area contributed by atoms with E-state index < -0.39 is 6.03 Å². The van der Waals surface area contributed by atoms with E-state index in [4.69, 9.17) is 5.73 Å². The van der Waals surface area contributed by atoms with Crippen molar-refractivity contribution in [1.29, 1.82) is 0 Å². The molecule has 1 saturated heterocycles. The number of H-pyrrole nitrogens is 1. The van der Waals surface area contributed by atoms with E-state index in [-0.39, 0.29) is 6.04 Å². The molecule has 2 amide bonds. The first-order valence-corrected chi connectivity index (χ1v) is 7.10. The van der Waals surface area contributed by atoms with Crippen LogP contribution in [0.25, 0.3) is 10.9 Å². The highest BCUT2D eigenvalue weighted by molar-refractivity contribution is 5.88. The number of rotatable bonds is 1. The second-order valence-corrected chi connectivity index (χ2v) is 5.85. The van der Waals surface area contributed by atoms with Crippen molar-refractivity contribution < 1.29 is 4.79 Å². The van der Waals surface area contributed by atoms with Crippen molar-refractivity contribution in [3.63, 3.8) is 0 Å². The second kappa shape index (κ2) is 4.24. The van der Waals surface area contributed by atoms with Gasteiger partial charge in [-0.05, 0) is 30.0 Å². The summed E-state index contributed by atoms with van der Waals surface area (Å²) in [6, 6.07) is 6.57. The van der Waals surface area contributed by atoms with Crippen molar-refractivity contribution in [3.8, 4) is 0 Å². The average molecular weight is 270 g/mol. The lowest BCUT2D eigenvalue weighted by Crippen LogP contribution is -2.55. The Hall–Kier alpha value is -2.01. The highest BCUT2D eigenvalue weighted by atomic mass is 16.2. The van der Waals surface area contributed by atoms with Gasteiger partial charge in [-0.25, -0.2) is 4.79 Å². The summed E-state index contributed by atoms with van der Waals surface area (Å²) < 4.78 is 0. The number of nitrogens with two attached hydrogens (primary N) is 1. The molecular weight excluding hydrogens is 252 g/mol. The molecule has 1 aromatic carbocycles. The largest absolute Gasteiger partial charge is 0.361 e. The monoisotopic (exact) mass is 270 g/mol. The van der Waals surface area contributed by atoms with Gasteiger partial charge in [0.15, 0.2) is 0 Å². The van der Waals surface area contributed by atoms with E-state index in [2.05, 4.69) is 40.0 Å². The maximum absolute atomic E-state index is 11.1. The van der Waals surface area contributed by atoms with Gasteiger partial charge >= 0.3 is 6.03 Å². The number of aromatic amines is 1. The molecule has 4 rings (SSSR count). The molecule has 2 aliphatic rings. The first-order chi connectivity index (χ1) is 9.72. The van der Waals surface area contributed by atoms with Gasteiger partial charge in [-0.1, -0.05) is 12.1 Å². The number of nitrogens with one attached hydrogen (secondary N) is 3. The normalized spacial score (nSPS) is 28.1. The van der Waals surface area contributed by atoms with Crippen molar-refractivity contribution in [1.82, 2.24) is 15.6 Å². The summed E-state index contributed by atoms with van der Waals surface area (Å²) in [6.07, 6.45) is 4.12. The lowest BCUT2D eigenvalue weighted by atomic mass is 9.75. The van der Waals surface area contributed by atoms with Crippen LogP contribution in [-0.4, -0.2) is 29.6 Å². The molecule has 0 bridgehead atoms. The van der Waals surface area contributed by atoms with Crippen LogP contribution in [0.2, 0.25) is 0 Å². The molecule has 0 unspecified atom stereocenters. The molecule has 1 fully saturated rings. The van der Waals surface area contributed by atoms with Crippen LogP contribution < -0.4 is 16.4 Å². The van der Waals surface area contributed by atoms with Gasteiger partial charge in [-0.2, -0.15) is 0 Å². The van der Waals surface area contributed by atoms with Crippen LogP contribution in [0.1, 0.15) is 23.5 Å². The Balaban J connectivity index is 1.73. The molecule has 20 heavy (non-hydrogen) atoms. The fraction of sp³-hybridized carbons (Fsp3) is 0.400. The fourth-order valence-electron chi connectivity index (χ4n) is 3.85. The molecule has 1 aromatic heterocycles. The molecule has 1 aliphatic heterocycles. The van der Waals surface area contributed by atoms with Gasteiger partial charge in [0, 0.05) is 41.6 Å². The average Bonchev–Trinajstić information content (AvgIpc) is 2.84. The summed E-state index contributed by atoms with van der Waals surface area (Å²) in [5.74, 6) is 0.438. The van der Waals surface area contributed by atoms with Crippen molar-refractivity contribution in [2.24, 2.45) is 5.73 Å². The number of carbonyl (C=O) groups is 1. The maximum Gasteiger partial charge on any atom is 0.312 e. The number of aromatic nitrogens is 1. The minimum Gasteiger partial charge on any atom is -0.361 e. The van der Waals surface area contributed by atoms with Crippen LogP contribution in [0, 0.1) is 0 Å². The van der Waals surface area contributed by atoms with E-state index in [0.29, 0.717) is 12.0 Å². The lowest BCUT2D eigenvalue weighted by Gasteiger charge is -2.40. The zero-order chi connectivity index (χ0) is 13.7. The van der Waals surface area contributed by atoms with Crippen molar-refractivity contribution in [2.75, 3.05) is 6.54 Å². The number of amides is 2. The van der Waals surface area contributed by atoms with Crippen molar-refractivity contribution >= 4 is 16.9 Å². The maximum atomic E-state index is 11.1. The molecule has 3 atom stereocenters. The van der Waals surface area contributed by atoms with Crippen LogP contribution >= 0.6 is 0 Å². The molecule has 5 N–H and O–H groups in total. The van der Waals surface area contributed by atoms with Gasteiger partial charge in [0.2, 0.25) is 0 Å². The Kier molecular flexibility index (Phi) is 2.50. The minimum atomic E-state index is -0.438. The predicted molar refractivity (Wildman–Crippen MR) is 77.7 cm³/mol. The summed E-state index contributed by atoms with van der Waals surface area (Å²) in [5.41, 5.74) is 9.24. The summed E-state index contributed by atoms with van der Waals surface area (Å²) in [4.78, 5) is 14.4. The van der Waals surface area contributed by atoms with Gasteiger partial charge in [0.05, 0.1) is 0 Å². The molecule has 5 nitrogen and oxygen atoms in total. The standard InChI is InChI=1S/C15H18N4O/c16-15(20)19-9-5-11-10-2-1-3-12-14(10)8(6-17-12)4-13(11)18-7-9/h1-3,6,9,11,13,17-18H,4-5,7H2,(H3,16,19,20)/t9-,11+,13+/m0/s1. The third-order valence-corrected chi connectivity index (χ3v) is 4.66. The van der Waals surface area contributed by atoms with Crippen LogP contribution in [-0.2, 0) is 6.42 Å². The molecule has 1 aliphatic carbocycles. The van der Waals surface area contributed by atoms with Crippen LogP contribution in [0.4, 0.5) is 4.79 Å². The first kappa shape index (κ1) is 11.8. The quantitative estimate of drug-likeness (QED) is 0.628. The Labute approximate surface area is 116 Å². The molecule has 0 saturated carbocycles. The third kappa shape index (κ3) is 1.70. The van der Waals surface area contributed by atoms with Gasteiger partial charge < -0.3 is 21.4 Å². The zero-order valence-corrected chi connectivity index (χ0v) is 11.1. The fourth-order valence-corrected chi connectivity index (χ4v) is 3.85. The van der Waals surface area contributed by atoms with Gasteiger partial charge in [-0.15, -0.1) is 0 Å². The third-order valence-electron chi connectivity index (χ3n) is 4.66. The summed E-state index contributed by atoms with van der Waals surface area (Å²) >= 11 is 0. The second-order valence-electron chi connectivity index (χ2n) is 5.85. The highest BCUT2D eigenvalue weighted by Gasteiger charge is 2.36. The molecule has 0 spiro atoms. The first-order valence-electron chi connectivity index (χ1n) is 7.10. The Morgan fingerprint density at radius 1 is 1.40 bits per heavy atom. The molecule has 104 valence electrons. The lowest BCUT2D eigenvalue weighted by molar-refractivity contribution is 0.234. The van der Waals surface area contributed by atoms with Gasteiger partial charge in [-0.3, -0.25) is 0 Å². The SMILES string of the molecule is NC(=O)N[C@@H]1CN[C@@H]2Cc3c[nH]c4cccc(c34)[C@H]2C1. The topological polar surface area (TPSA) is 82.9 Å². The number of hydrogen-bond donors (Lipinski definition) is 4. The van der Waals surface area contributed by atoms with E-state index in [0.717, 1.165) is 19.4 Å². The zero-order valence-electron chi connectivity index (χ0n) is 11.1. The van der Waals surface area contributed by atoms with Gasteiger partial charge in [0.1, 0.15) is 0 Å². The number of fused-ring (bicyclic) bond motifs is 2. The molecule has 5 heteroatoms. The van der Waals surface area contributed by atoms with E-state index in [9.17, 15) is 4.79 Å².